The first kappa shape index (κ1) is 28.2. The third kappa shape index (κ3) is 15.1. The number of thioether (sulfide) groups is 1. The van der Waals surface area contributed by atoms with Crippen molar-refractivity contribution in [3.63, 3.8) is 0 Å². The van der Waals surface area contributed by atoms with Gasteiger partial charge in [-0.1, -0.05) is 19.9 Å². The Labute approximate surface area is 196 Å². The Morgan fingerprint density at radius 3 is 2.41 bits per heavy atom. The number of rotatable bonds is 19. The van der Waals surface area contributed by atoms with Gasteiger partial charge in [-0.25, -0.2) is 0 Å². The van der Waals surface area contributed by atoms with Crippen molar-refractivity contribution in [2.24, 2.45) is 0 Å². The Morgan fingerprint density at radius 1 is 1.03 bits per heavy atom. The summed E-state index contributed by atoms with van der Waals surface area (Å²) in [5, 5.41) is 16.9. The largest absolute Gasteiger partial charge is 0.492 e. The van der Waals surface area contributed by atoms with Crippen LogP contribution in [0.15, 0.2) is 24.3 Å². The molecule has 0 aliphatic rings. The monoisotopic (exact) mass is 467 g/mol. The summed E-state index contributed by atoms with van der Waals surface area (Å²) >= 11 is 1.16. The molecule has 1 amide bonds. The highest BCUT2D eigenvalue weighted by Crippen LogP contribution is 2.16. The number of nitrogens with zero attached hydrogens (tertiary/aromatic N) is 1. The van der Waals surface area contributed by atoms with Crippen LogP contribution < -0.4 is 15.4 Å². The standard InChI is InChI=1S/C23H37N3O5S/c1-19(2)25-8-5-10-28-12-14-30-15-13-29-11-9-26-23(27)21-6-4-7-22(16-21)31-17-20(3)32-18-24/h4,6-7,16,19-20,25H,5,8-15,17H2,1-3H3,(H,26,27)/t20-/m1/s1. The lowest BCUT2D eigenvalue weighted by Gasteiger charge is -2.11. The van der Waals surface area contributed by atoms with Gasteiger partial charge in [0.2, 0.25) is 0 Å². The van der Waals surface area contributed by atoms with Crippen LogP contribution in [-0.4, -0.2) is 76.5 Å². The van der Waals surface area contributed by atoms with Gasteiger partial charge in [0.1, 0.15) is 17.8 Å². The summed E-state index contributed by atoms with van der Waals surface area (Å²) < 4.78 is 22.1. The highest BCUT2D eigenvalue weighted by Gasteiger charge is 2.08. The second kappa shape index (κ2) is 18.7. The number of benzene rings is 1. The van der Waals surface area contributed by atoms with Crippen molar-refractivity contribution in [1.29, 1.82) is 5.26 Å². The van der Waals surface area contributed by atoms with Crippen LogP contribution in [0.2, 0.25) is 0 Å². The van der Waals surface area contributed by atoms with Crippen LogP contribution >= 0.6 is 11.8 Å². The number of nitriles is 1. The molecule has 9 heteroatoms. The first-order valence-corrected chi connectivity index (χ1v) is 11.9. The summed E-state index contributed by atoms with van der Waals surface area (Å²) in [7, 11) is 0. The zero-order chi connectivity index (χ0) is 23.4. The van der Waals surface area contributed by atoms with Crippen LogP contribution in [0.4, 0.5) is 0 Å². The fourth-order valence-corrected chi connectivity index (χ4v) is 2.83. The van der Waals surface area contributed by atoms with Crippen molar-refractivity contribution >= 4 is 17.7 Å². The van der Waals surface area contributed by atoms with Gasteiger partial charge in [-0.3, -0.25) is 4.79 Å². The fraction of sp³-hybridized carbons (Fsp3) is 0.652. The van der Waals surface area contributed by atoms with Gasteiger partial charge in [0.15, 0.2) is 0 Å². The molecule has 1 aromatic rings. The Morgan fingerprint density at radius 2 is 1.72 bits per heavy atom. The van der Waals surface area contributed by atoms with Crippen LogP contribution in [0.25, 0.3) is 0 Å². The SMILES string of the molecule is CC(C)NCCCOCCOCCOCCNC(=O)c1cccc(OC[C@@H](C)SC#N)c1. The molecule has 0 unspecified atom stereocenters. The minimum Gasteiger partial charge on any atom is -0.492 e. The lowest BCUT2D eigenvalue weighted by atomic mass is 10.2. The van der Waals surface area contributed by atoms with Crippen molar-refractivity contribution in [2.45, 2.75) is 38.5 Å². The fourth-order valence-electron chi connectivity index (χ4n) is 2.51. The summed E-state index contributed by atoms with van der Waals surface area (Å²) in [6, 6.07) is 7.49. The van der Waals surface area contributed by atoms with Crippen LogP contribution in [0.5, 0.6) is 5.75 Å². The zero-order valence-corrected chi connectivity index (χ0v) is 20.2. The molecular formula is C23H37N3O5S. The molecule has 0 saturated heterocycles. The minimum absolute atomic E-state index is 0.0586. The molecule has 0 fully saturated rings. The second-order valence-electron chi connectivity index (χ2n) is 7.41. The molecule has 0 spiro atoms. The summed E-state index contributed by atoms with van der Waals surface area (Å²) in [4.78, 5) is 12.3. The Bertz CT molecular complexity index is 669. The average Bonchev–Trinajstić information content (AvgIpc) is 2.78. The van der Waals surface area contributed by atoms with E-state index in [-0.39, 0.29) is 11.2 Å². The van der Waals surface area contributed by atoms with E-state index in [9.17, 15) is 4.79 Å². The Hall–Kier alpha value is -1.83. The highest BCUT2D eigenvalue weighted by molar-refractivity contribution is 8.04. The number of nitrogens with one attached hydrogen (secondary N) is 2. The molecule has 2 N–H and O–H groups in total. The third-order valence-corrected chi connectivity index (χ3v) is 4.77. The number of hydrogen-bond acceptors (Lipinski definition) is 8. The number of hydrogen-bond donors (Lipinski definition) is 2. The molecule has 0 aliphatic heterocycles. The van der Waals surface area contributed by atoms with E-state index in [2.05, 4.69) is 24.5 Å². The van der Waals surface area contributed by atoms with E-state index in [0.29, 0.717) is 63.5 Å². The summed E-state index contributed by atoms with van der Waals surface area (Å²) in [6.07, 6.45) is 0.991. The lowest BCUT2D eigenvalue weighted by Crippen LogP contribution is -2.27. The first-order valence-electron chi connectivity index (χ1n) is 11.0. The molecule has 8 nitrogen and oxygen atoms in total. The van der Waals surface area contributed by atoms with Crippen LogP contribution in [0, 0.1) is 10.7 Å². The maximum Gasteiger partial charge on any atom is 0.251 e. The number of thiocyanates is 1. The second-order valence-corrected chi connectivity index (χ2v) is 8.64. The minimum atomic E-state index is -0.185. The molecule has 0 aromatic heterocycles. The van der Waals surface area contributed by atoms with Gasteiger partial charge in [0.25, 0.3) is 5.91 Å². The molecular weight excluding hydrogens is 430 g/mol. The van der Waals surface area contributed by atoms with Crippen molar-refractivity contribution in [1.82, 2.24) is 10.6 Å². The van der Waals surface area contributed by atoms with Crippen molar-refractivity contribution in [2.75, 3.05) is 59.3 Å². The maximum absolute atomic E-state index is 12.3. The molecule has 0 radical (unpaired) electrons. The van der Waals surface area contributed by atoms with E-state index < -0.39 is 0 Å². The molecule has 1 rings (SSSR count). The van der Waals surface area contributed by atoms with Crippen molar-refractivity contribution < 1.29 is 23.7 Å². The predicted octanol–water partition coefficient (Wildman–Crippen LogP) is 2.84. The molecule has 0 saturated carbocycles. The van der Waals surface area contributed by atoms with Gasteiger partial charge >= 0.3 is 0 Å². The van der Waals surface area contributed by atoms with Gasteiger partial charge in [-0.05, 0) is 49.9 Å². The number of amides is 1. The zero-order valence-electron chi connectivity index (χ0n) is 19.4. The van der Waals surface area contributed by atoms with E-state index >= 15 is 0 Å². The maximum atomic E-state index is 12.3. The summed E-state index contributed by atoms with van der Waals surface area (Å²) in [5.74, 6) is 0.420. The molecule has 0 heterocycles. The molecule has 0 bridgehead atoms. The van der Waals surface area contributed by atoms with Gasteiger partial charge in [-0.2, -0.15) is 5.26 Å². The number of carbonyl (C=O) groups is 1. The smallest absolute Gasteiger partial charge is 0.251 e. The van der Waals surface area contributed by atoms with Gasteiger partial charge < -0.3 is 29.6 Å². The molecule has 180 valence electrons. The van der Waals surface area contributed by atoms with E-state index in [1.807, 2.05) is 12.3 Å². The van der Waals surface area contributed by atoms with E-state index in [4.69, 9.17) is 24.2 Å². The van der Waals surface area contributed by atoms with Crippen LogP contribution in [-0.2, 0) is 14.2 Å². The normalized spacial score (nSPS) is 11.8. The van der Waals surface area contributed by atoms with Crippen molar-refractivity contribution in [3.05, 3.63) is 29.8 Å². The van der Waals surface area contributed by atoms with E-state index in [1.165, 1.54) is 0 Å². The van der Waals surface area contributed by atoms with Gasteiger partial charge in [0, 0.05) is 24.8 Å². The molecule has 1 atom stereocenters. The number of ether oxygens (including phenoxy) is 4. The summed E-state index contributed by atoms with van der Waals surface area (Å²) in [6.45, 7) is 11.2. The summed E-state index contributed by atoms with van der Waals surface area (Å²) in [5.41, 5.74) is 0.520. The molecule has 0 aliphatic carbocycles. The Kier molecular flexibility index (Phi) is 16.5. The van der Waals surface area contributed by atoms with E-state index in [1.54, 1.807) is 24.3 Å². The lowest BCUT2D eigenvalue weighted by molar-refractivity contribution is 0.0147. The average molecular weight is 468 g/mol. The molecule has 1 aromatic carbocycles. The van der Waals surface area contributed by atoms with Crippen LogP contribution in [0.3, 0.4) is 0 Å². The predicted molar refractivity (Wildman–Crippen MR) is 127 cm³/mol. The number of carbonyl (C=O) groups excluding carboxylic acids is 1. The van der Waals surface area contributed by atoms with Crippen molar-refractivity contribution in [3.8, 4) is 11.2 Å². The Balaban J connectivity index is 2.01. The molecule has 32 heavy (non-hydrogen) atoms. The van der Waals surface area contributed by atoms with Crippen LogP contribution in [0.1, 0.15) is 37.6 Å². The quantitative estimate of drug-likeness (QED) is 0.237. The van der Waals surface area contributed by atoms with Gasteiger partial charge in [0.05, 0.1) is 38.3 Å². The van der Waals surface area contributed by atoms with E-state index in [0.717, 1.165) is 31.3 Å². The highest BCUT2D eigenvalue weighted by atomic mass is 32.2. The topological polar surface area (TPSA) is 102 Å². The van der Waals surface area contributed by atoms with Gasteiger partial charge in [-0.15, -0.1) is 0 Å². The third-order valence-electron chi connectivity index (χ3n) is 4.13. The first-order chi connectivity index (χ1) is 15.5.